The second kappa shape index (κ2) is 10.5. The Balaban J connectivity index is 1.43. The van der Waals surface area contributed by atoms with E-state index in [2.05, 4.69) is 20.9 Å². The molecule has 3 amide bonds. The summed E-state index contributed by atoms with van der Waals surface area (Å²) in [4.78, 5) is 28.5. The maximum atomic E-state index is 12.2. The number of aromatic nitrogens is 1. The van der Waals surface area contributed by atoms with Gasteiger partial charge in [-0.1, -0.05) is 24.3 Å². The van der Waals surface area contributed by atoms with Crippen LogP contribution in [0, 0.1) is 0 Å². The molecule has 1 aliphatic rings. The summed E-state index contributed by atoms with van der Waals surface area (Å²) in [5, 5.41) is 18.1. The van der Waals surface area contributed by atoms with Gasteiger partial charge in [0.2, 0.25) is 5.91 Å². The molecule has 1 aromatic carbocycles. The third-order valence-electron chi connectivity index (χ3n) is 4.75. The first kappa shape index (κ1) is 20.8. The zero-order valence-electron chi connectivity index (χ0n) is 16.1. The van der Waals surface area contributed by atoms with Crippen LogP contribution < -0.4 is 16.0 Å². The molecule has 0 spiro atoms. The molecule has 0 aliphatic carbocycles. The van der Waals surface area contributed by atoms with E-state index in [0.717, 1.165) is 5.69 Å². The Kier molecular flexibility index (Phi) is 7.54. The summed E-state index contributed by atoms with van der Waals surface area (Å²) in [6.07, 6.45) is 2.25. The number of aliphatic hydroxyl groups excluding tert-OH is 1. The molecule has 0 bridgehead atoms. The topological polar surface area (TPSA) is 113 Å². The number of nitrogens with zero attached hydrogens (tertiary/aromatic N) is 1. The molecule has 1 aromatic heterocycles. The normalized spacial score (nSPS) is 21.2. The molecule has 2 heterocycles. The van der Waals surface area contributed by atoms with Crippen molar-refractivity contribution in [1.82, 2.24) is 15.6 Å². The van der Waals surface area contributed by atoms with Crippen molar-refractivity contribution >= 4 is 17.6 Å². The van der Waals surface area contributed by atoms with Gasteiger partial charge in [-0.15, -0.1) is 0 Å². The van der Waals surface area contributed by atoms with Gasteiger partial charge in [-0.2, -0.15) is 0 Å². The Labute approximate surface area is 169 Å². The predicted molar refractivity (Wildman–Crippen MR) is 108 cm³/mol. The van der Waals surface area contributed by atoms with Crippen LogP contribution in [0.5, 0.6) is 0 Å². The molecule has 0 unspecified atom stereocenters. The average Bonchev–Trinajstić information content (AvgIpc) is 2.74. The third-order valence-corrected chi connectivity index (χ3v) is 4.75. The number of aliphatic hydroxyl groups is 1. The van der Waals surface area contributed by atoms with E-state index >= 15 is 0 Å². The Morgan fingerprint density at radius 3 is 2.62 bits per heavy atom. The maximum Gasteiger partial charge on any atom is 0.319 e. The van der Waals surface area contributed by atoms with E-state index in [1.807, 2.05) is 36.4 Å². The number of para-hydroxylation sites is 1. The molecule has 1 aliphatic heterocycles. The molecule has 3 rings (SSSR count). The molecule has 3 atom stereocenters. The Morgan fingerprint density at radius 2 is 1.90 bits per heavy atom. The summed E-state index contributed by atoms with van der Waals surface area (Å²) in [6, 6.07) is 14.0. The highest BCUT2D eigenvalue weighted by Crippen LogP contribution is 2.22. The minimum Gasteiger partial charge on any atom is -0.394 e. The monoisotopic (exact) mass is 398 g/mol. The van der Waals surface area contributed by atoms with Crippen LogP contribution in [0.1, 0.15) is 25.0 Å². The van der Waals surface area contributed by atoms with Gasteiger partial charge in [0.1, 0.15) is 6.10 Å². The Hall–Kier alpha value is -2.97. The SMILES string of the molecule is O=C(C[C@@H]1CC[C@H](NC(=O)Nc2ccccc2)[C@H](CO)O1)NCc1ccccn1. The summed E-state index contributed by atoms with van der Waals surface area (Å²) < 4.78 is 5.85. The summed E-state index contributed by atoms with van der Waals surface area (Å²) in [5.74, 6) is -0.134. The van der Waals surface area contributed by atoms with Gasteiger partial charge >= 0.3 is 6.03 Å². The minimum atomic E-state index is -0.557. The van der Waals surface area contributed by atoms with Crippen molar-refractivity contribution in [2.45, 2.75) is 44.1 Å². The Morgan fingerprint density at radius 1 is 1.10 bits per heavy atom. The standard InChI is InChI=1S/C21H26N4O4/c26-14-19-18(25-21(28)24-15-6-2-1-3-7-15)10-9-17(29-19)12-20(27)23-13-16-8-4-5-11-22-16/h1-8,11,17-19,26H,9-10,12-14H2,(H,23,27)(H2,24,25,28)/t17-,18-,19-/m0/s1. The average molecular weight is 398 g/mol. The third kappa shape index (κ3) is 6.55. The van der Waals surface area contributed by atoms with Crippen LogP contribution in [0.3, 0.4) is 0 Å². The van der Waals surface area contributed by atoms with Crippen LogP contribution in [0.4, 0.5) is 10.5 Å². The number of hydrogen-bond acceptors (Lipinski definition) is 5. The molecule has 4 N–H and O–H groups in total. The van der Waals surface area contributed by atoms with Crippen LogP contribution >= 0.6 is 0 Å². The van der Waals surface area contributed by atoms with Crippen LogP contribution in [0.25, 0.3) is 0 Å². The summed E-state index contributed by atoms with van der Waals surface area (Å²) >= 11 is 0. The first-order valence-corrected chi connectivity index (χ1v) is 9.69. The molecule has 0 saturated carbocycles. The molecule has 1 fully saturated rings. The number of hydrogen-bond donors (Lipinski definition) is 4. The second-order valence-corrected chi connectivity index (χ2v) is 6.93. The summed E-state index contributed by atoms with van der Waals surface area (Å²) in [7, 11) is 0. The molecule has 29 heavy (non-hydrogen) atoms. The van der Waals surface area contributed by atoms with E-state index in [1.165, 1.54) is 0 Å². The van der Waals surface area contributed by atoms with E-state index in [0.29, 0.717) is 25.1 Å². The van der Waals surface area contributed by atoms with Crippen LogP contribution in [0.15, 0.2) is 54.7 Å². The van der Waals surface area contributed by atoms with E-state index < -0.39 is 6.10 Å². The van der Waals surface area contributed by atoms with E-state index in [-0.39, 0.29) is 37.1 Å². The fourth-order valence-corrected chi connectivity index (χ4v) is 3.27. The van der Waals surface area contributed by atoms with E-state index in [9.17, 15) is 14.7 Å². The highest BCUT2D eigenvalue weighted by Gasteiger charge is 2.32. The zero-order valence-corrected chi connectivity index (χ0v) is 16.1. The molecule has 1 saturated heterocycles. The highest BCUT2D eigenvalue weighted by molar-refractivity contribution is 5.89. The smallest absolute Gasteiger partial charge is 0.319 e. The second-order valence-electron chi connectivity index (χ2n) is 6.93. The lowest BCUT2D eigenvalue weighted by Gasteiger charge is -2.35. The maximum absolute atomic E-state index is 12.2. The first-order chi connectivity index (χ1) is 14.1. The van der Waals surface area contributed by atoms with Crippen LogP contribution in [-0.2, 0) is 16.1 Å². The summed E-state index contributed by atoms with van der Waals surface area (Å²) in [6.45, 7) is 0.127. The van der Waals surface area contributed by atoms with Gasteiger partial charge in [-0.25, -0.2) is 4.79 Å². The highest BCUT2D eigenvalue weighted by atomic mass is 16.5. The molecule has 2 aromatic rings. The fraction of sp³-hybridized carbons (Fsp3) is 0.381. The number of rotatable bonds is 7. The van der Waals surface area contributed by atoms with Gasteiger partial charge in [0, 0.05) is 11.9 Å². The quantitative estimate of drug-likeness (QED) is 0.568. The fourth-order valence-electron chi connectivity index (χ4n) is 3.27. The molecule has 0 radical (unpaired) electrons. The number of carbonyl (C=O) groups is 2. The lowest BCUT2D eigenvalue weighted by molar-refractivity contribution is -0.130. The lowest BCUT2D eigenvalue weighted by atomic mass is 9.97. The lowest BCUT2D eigenvalue weighted by Crippen LogP contribution is -2.52. The minimum absolute atomic E-state index is 0.134. The van der Waals surface area contributed by atoms with Gasteiger partial charge in [-0.3, -0.25) is 9.78 Å². The van der Waals surface area contributed by atoms with Gasteiger partial charge in [-0.05, 0) is 37.1 Å². The van der Waals surface area contributed by atoms with E-state index in [4.69, 9.17) is 4.74 Å². The zero-order chi connectivity index (χ0) is 20.5. The largest absolute Gasteiger partial charge is 0.394 e. The molecular weight excluding hydrogens is 372 g/mol. The van der Waals surface area contributed by atoms with Crippen LogP contribution in [0.2, 0.25) is 0 Å². The number of nitrogens with one attached hydrogen (secondary N) is 3. The summed E-state index contributed by atoms with van der Waals surface area (Å²) in [5.41, 5.74) is 1.47. The number of anilines is 1. The number of urea groups is 1. The van der Waals surface area contributed by atoms with Crippen molar-refractivity contribution in [1.29, 1.82) is 0 Å². The van der Waals surface area contributed by atoms with E-state index in [1.54, 1.807) is 18.3 Å². The van der Waals surface area contributed by atoms with Gasteiger partial charge in [0.05, 0.1) is 37.4 Å². The molecule has 8 nitrogen and oxygen atoms in total. The van der Waals surface area contributed by atoms with Crippen molar-refractivity contribution in [3.05, 3.63) is 60.4 Å². The molecular formula is C21H26N4O4. The van der Waals surface area contributed by atoms with Crippen molar-refractivity contribution < 1.29 is 19.4 Å². The number of ether oxygens (including phenoxy) is 1. The number of benzene rings is 1. The van der Waals surface area contributed by atoms with Gasteiger partial charge < -0.3 is 25.8 Å². The van der Waals surface area contributed by atoms with Crippen molar-refractivity contribution in [3.8, 4) is 0 Å². The van der Waals surface area contributed by atoms with Crippen molar-refractivity contribution in [2.75, 3.05) is 11.9 Å². The first-order valence-electron chi connectivity index (χ1n) is 9.69. The number of pyridine rings is 1. The van der Waals surface area contributed by atoms with Gasteiger partial charge in [0.25, 0.3) is 0 Å². The molecule has 8 heteroatoms. The number of carbonyl (C=O) groups excluding carboxylic acids is 2. The molecule has 154 valence electrons. The predicted octanol–water partition coefficient (Wildman–Crippen LogP) is 1.82. The number of amides is 3. The van der Waals surface area contributed by atoms with Gasteiger partial charge in [0.15, 0.2) is 0 Å². The van der Waals surface area contributed by atoms with Crippen LogP contribution in [-0.4, -0.2) is 46.9 Å². The van der Waals surface area contributed by atoms with Crippen molar-refractivity contribution in [3.63, 3.8) is 0 Å². The Bertz CT molecular complexity index is 788. The van der Waals surface area contributed by atoms with Crippen molar-refractivity contribution in [2.24, 2.45) is 0 Å².